The molecule has 1 aromatic heterocycles. The van der Waals surface area contributed by atoms with Crippen LogP contribution in [0.25, 0.3) is 0 Å². The number of aromatic nitrogens is 3. The fraction of sp³-hybridized carbons (Fsp3) is 0.800. The van der Waals surface area contributed by atoms with Crippen molar-refractivity contribution in [3.8, 4) is 0 Å². The van der Waals surface area contributed by atoms with Gasteiger partial charge in [-0.2, -0.15) is 5.10 Å². The van der Waals surface area contributed by atoms with Crippen molar-refractivity contribution >= 4 is 0 Å². The second kappa shape index (κ2) is 5.38. The lowest BCUT2D eigenvalue weighted by Gasteiger charge is -2.32. The summed E-state index contributed by atoms with van der Waals surface area (Å²) in [5.74, 6) is 1.00. The molecule has 1 aliphatic heterocycles. The van der Waals surface area contributed by atoms with Crippen LogP contribution in [0.5, 0.6) is 0 Å². The van der Waals surface area contributed by atoms with E-state index in [1.165, 1.54) is 0 Å². The Bertz CT molecular complexity index is 315. The van der Waals surface area contributed by atoms with E-state index in [4.69, 9.17) is 0 Å². The monoisotopic (exact) mass is 224 g/mol. The first-order valence-corrected chi connectivity index (χ1v) is 5.83. The van der Waals surface area contributed by atoms with Gasteiger partial charge in [-0.1, -0.05) is 0 Å². The average Bonchev–Trinajstić information content (AvgIpc) is 2.76. The van der Waals surface area contributed by atoms with Gasteiger partial charge in [-0.05, 0) is 14.0 Å². The Balaban J connectivity index is 1.79. The van der Waals surface area contributed by atoms with Crippen molar-refractivity contribution in [2.45, 2.75) is 20.0 Å². The molecule has 0 aliphatic carbocycles. The molecule has 1 N–H and O–H groups in total. The van der Waals surface area contributed by atoms with Crippen molar-refractivity contribution in [1.29, 1.82) is 0 Å². The summed E-state index contributed by atoms with van der Waals surface area (Å²) < 4.78 is 1.92. The van der Waals surface area contributed by atoms with Crippen LogP contribution >= 0.6 is 0 Å². The van der Waals surface area contributed by atoms with Gasteiger partial charge in [-0.3, -0.25) is 0 Å². The van der Waals surface area contributed by atoms with Crippen molar-refractivity contribution in [2.24, 2.45) is 0 Å². The predicted octanol–water partition coefficient (Wildman–Crippen LogP) is -0.450. The van der Waals surface area contributed by atoms with Crippen LogP contribution in [-0.2, 0) is 13.1 Å². The number of nitrogens with one attached hydrogen (secondary N) is 1. The first-order chi connectivity index (χ1) is 7.79. The summed E-state index contributed by atoms with van der Waals surface area (Å²) in [4.78, 5) is 6.58. The summed E-state index contributed by atoms with van der Waals surface area (Å²) in [6.45, 7) is 8.08. The second-order valence-electron chi connectivity index (χ2n) is 4.12. The highest BCUT2D eigenvalue weighted by molar-refractivity contribution is 4.83. The van der Waals surface area contributed by atoms with Crippen molar-refractivity contribution in [3.05, 3.63) is 12.2 Å². The van der Waals surface area contributed by atoms with Gasteiger partial charge in [0.05, 0.1) is 6.54 Å². The summed E-state index contributed by atoms with van der Waals surface area (Å²) >= 11 is 0. The van der Waals surface area contributed by atoms with Gasteiger partial charge in [0.1, 0.15) is 12.2 Å². The Morgan fingerprint density at radius 1 is 1.31 bits per heavy atom. The number of hydrogen-bond donors (Lipinski definition) is 1. The van der Waals surface area contributed by atoms with E-state index in [1.54, 1.807) is 6.33 Å². The number of piperazine rings is 1. The summed E-state index contributed by atoms with van der Waals surface area (Å²) in [7, 11) is 2.16. The summed E-state index contributed by atoms with van der Waals surface area (Å²) in [6, 6.07) is 0. The SMILES string of the molecule is CCn1ncnc1CNN1CCN(C)CC1. The van der Waals surface area contributed by atoms with E-state index in [2.05, 4.69) is 39.4 Å². The van der Waals surface area contributed by atoms with Crippen LogP contribution in [0, 0.1) is 0 Å². The first kappa shape index (κ1) is 11.5. The molecular formula is C10H20N6. The Labute approximate surface area is 96.2 Å². The molecule has 0 amide bonds. The molecular weight excluding hydrogens is 204 g/mol. The molecule has 0 atom stereocenters. The smallest absolute Gasteiger partial charge is 0.142 e. The molecule has 2 heterocycles. The zero-order valence-electron chi connectivity index (χ0n) is 10.1. The number of rotatable bonds is 4. The van der Waals surface area contributed by atoms with Crippen LogP contribution in [0.2, 0.25) is 0 Å². The maximum Gasteiger partial charge on any atom is 0.142 e. The van der Waals surface area contributed by atoms with Crippen molar-refractivity contribution in [1.82, 2.24) is 30.1 Å². The molecule has 0 spiro atoms. The minimum Gasteiger partial charge on any atom is -0.304 e. The van der Waals surface area contributed by atoms with E-state index in [0.717, 1.165) is 45.1 Å². The quantitative estimate of drug-likeness (QED) is 0.750. The molecule has 0 radical (unpaired) electrons. The third-order valence-corrected chi connectivity index (χ3v) is 2.96. The zero-order valence-corrected chi connectivity index (χ0v) is 10.1. The number of nitrogens with zero attached hydrogens (tertiary/aromatic N) is 5. The van der Waals surface area contributed by atoms with Gasteiger partial charge in [0.25, 0.3) is 0 Å². The van der Waals surface area contributed by atoms with E-state index in [-0.39, 0.29) is 0 Å². The van der Waals surface area contributed by atoms with Gasteiger partial charge in [0.2, 0.25) is 0 Å². The van der Waals surface area contributed by atoms with Gasteiger partial charge >= 0.3 is 0 Å². The Kier molecular flexibility index (Phi) is 3.87. The van der Waals surface area contributed by atoms with E-state index < -0.39 is 0 Å². The number of hydrazine groups is 1. The normalized spacial score (nSPS) is 19.1. The lowest BCUT2D eigenvalue weighted by molar-refractivity contribution is 0.100. The van der Waals surface area contributed by atoms with Gasteiger partial charge in [-0.25, -0.2) is 20.1 Å². The third kappa shape index (κ3) is 2.78. The minimum absolute atomic E-state index is 0.761. The molecule has 1 saturated heterocycles. The van der Waals surface area contributed by atoms with Gasteiger partial charge < -0.3 is 4.90 Å². The van der Waals surface area contributed by atoms with Crippen LogP contribution in [0.4, 0.5) is 0 Å². The van der Waals surface area contributed by atoms with E-state index >= 15 is 0 Å². The molecule has 0 aromatic carbocycles. The predicted molar refractivity (Wildman–Crippen MR) is 61.6 cm³/mol. The molecule has 1 aliphatic rings. The van der Waals surface area contributed by atoms with Crippen LogP contribution in [0.1, 0.15) is 12.7 Å². The van der Waals surface area contributed by atoms with Crippen LogP contribution < -0.4 is 5.43 Å². The number of aryl methyl sites for hydroxylation is 1. The van der Waals surface area contributed by atoms with Crippen molar-refractivity contribution < 1.29 is 0 Å². The van der Waals surface area contributed by atoms with Crippen LogP contribution in [-0.4, -0.2) is 57.9 Å². The first-order valence-electron chi connectivity index (χ1n) is 5.83. The lowest BCUT2D eigenvalue weighted by Crippen LogP contribution is -2.50. The molecule has 6 nitrogen and oxygen atoms in total. The Morgan fingerprint density at radius 2 is 2.06 bits per heavy atom. The standard InChI is InChI=1S/C10H20N6/c1-3-16-10(11-9-13-16)8-12-15-6-4-14(2)5-7-15/h9,12H,3-8H2,1-2H3. The zero-order chi connectivity index (χ0) is 11.4. The van der Waals surface area contributed by atoms with Crippen LogP contribution in [0.3, 0.4) is 0 Å². The maximum absolute atomic E-state index is 4.24. The largest absolute Gasteiger partial charge is 0.304 e. The third-order valence-electron chi connectivity index (χ3n) is 2.96. The summed E-state index contributed by atoms with van der Waals surface area (Å²) in [6.07, 6.45) is 1.62. The van der Waals surface area contributed by atoms with E-state index in [0.29, 0.717) is 0 Å². The maximum atomic E-state index is 4.24. The second-order valence-corrected chi connectivity index (χ2v) is 4.12. The highest BCUT2D eigenvalue weighted by Crippen LogP contribution is 1.98. The molecule has 6 heteroatoms. The number of likely N-dealkylation sites (N-methyl/N-ethyl adjacent to an activating group) is 1. The highest BCUT2D eigenvalue weighted by atomic mass is 15.5. The summed E-state index contributed by atoms with van der Waals surface area (Å²) in [5.41, 5.74) is 3.40. The topological polar surface area (TPSA) is 49.2 Å². The minimum atomic E-state index is 0.761. The van der Waals surface area contributed by atoms with Crippen molar-refractivity contribution in [3.63, 3.8) is 0 Å². The molecule has 90 valence electrons. The lowest BCUT2D eigenvalue weighted by atomic mass is 10.4. The fourth-order valence-corrected chi connectivity index (χ4v) is 1.84. The highest BCUT2D eigenvalue weighted by Gasteiger charge is 2.13. The Hall–Kier alpha value is -0.980. The van der Waals surface area contributed by atoms with Crippen molar-refractivity contribution in [2.75, 3.05) is 33.2 Å². The van der Waals surface area contributed by atoms with E-state index in [9.17, 15) is 0 Å². The van der Waals surface area contributed by atoms with E-state index in [1.807, 2.05) is 4.68 Å². The molecule has 1 aromatic rings. The molecule has 0 bridgehead atoms. The summed E-state index contributed by atoms with van der Waals surface area (Å²) in [5, 5.41) is 6.41. The Morgan fingerprint density at radius 3 is 2.75 bits per heavy atom. The molecule has 1 fully saturated rings. The molecule has 0 saturated carbocycles. The fourth-order valence-electron chi connectivity index (χ4n) is 1.84. The molecule has 2 rings (SSSR count). The average molecular weight is 224 g/mol. The van der Waals surface area contributed by atoms with Gasteiger partial charge in [-0.15, -0.1) is 0 Å². The number of hydrogen-bond acceptors (Lipinski definition) is 5. The van der Waals surface area contributed by atoms with Gasteiger partial charge in [0.15, 0.2) is 0 Å². The van der Waals surface area contributed by atoms with Gasteiger partial charge in [0, 0.05) is 32.7 Å². The molecule has 16 heavy (non-hydrogen) atoms. The van der Waals surface area contributed by atoms with Crippen LogP contribution in [0.15, 0.2) is 6.33 Å². The molecule has 0 unspecified atom stereocenters.